The van der Waals surface area contributed by atoms with E-state index >= 15 is 0 Å². The molecule has 0 aromatic carbocycles. The van der Waals surface area contributed by atoms with Gasteiger partial charge in [0.2, 0.25) is 0 Å². The first kappa shape index (κ1) is 22.7. The maximum Gasteiger partial charge on any atom is 0.673 e. The smallest absolute Gasteiger partial charge is 0.418 e. The molecule has 12 heteroatoms. The second-order valence-electron chi connectivity index (χ2n) is 0.990. The largest absolute Gasteiger partial charge is 0.673 e. The standard InChI is InChI=1S/2BF4.Co.H2O/c2*2-1(3,4)5;;/h;;;1H2/q2*-1;;. The van der Waals surface area contributed by atoms with Gasteiger partial charge < -0.3 is 40.0 Å². The maximum absolute atomic E-state index is 9.75. The number of hydrogen-bond donors (Lipinski definition) is 0. The zero-order chi connectivity index (χ0) is 9.00. The molecule has 1 radical (unpaired) electrons. The van der Waals surface area contributed by atoms with Crippen molar-refractivity contribution >= 4 is 14.5 Å². The van der Waals surface area contributed by atoms with Crippen LogP contribution in [0.5, 0.6) is 0 Å². The minimum absolute atomic E-state index is 0. The molecule has 0 heterocycles. The van der Waals surface area contributed by atoms with Gasteiger partial charge in [-0.05, 0) is 0 Å². The average molecular weight is 251 g/mol. The summed E-state index contributed by atoms with van der Waals surface area (Å²) in [5, 5.41) is 0. The van der Waals surface area contributed by atoms with E-state index in [1.165, 1.54) is 0 Å². The van der Waals surface area contributed by atoms with Crippen LogP contribution in [0.4, 0.5) is 34.5 Å². The van der Waals surface area contributed by atoms with Crippen molar-refractivity contribution < 1.29 is 56.8 Å². The molecule has 1 nitrogen and oxygen atoms in total. The van der Waals surface area contributed by atoms with Gasteiger partial charge in [0.15, 0.2) is 0 Å². The van der Waals surface area contributed by atoms with Crippen molar-refractivity contribution in [1.29, 1.82) is 0 Å². The SMILES string of the molecule is F[B-](F)(F)F.F[B-](F)(F)F.O.[Co]. The van der Waals surface area contributed by atoms with Crippen molar-refractivity contribution in [3.05, 3.63) is 0 Å². The van der Waals surface area contributed by atoms with E-state index < -0.39 is 14.5 Å². The summed E-state index contributed by atoms with van der Waals surface area (Å²) in [4.78, 5) is 0. The maximum atomic E-state index is 9.75. The molecule has 12 heavy (non-hydrogen) atoms. The van der Waals surface area contributed by atoms with E-state index in [-0.39, 0.29) is 22.3 Å². The minimum atomic E-state index is -6.00. The molecule has 2 N–H and O–H groups in total. The predicted molar refractivity (Wildman–Crippen MR) is 24.0 cm³/mol. The summed E-state index contributed by atoms with van der Waals surface area (Å²) in [7, 11) is -12.0. The van der Waals surface area contributed by atoms with Crippen molar-refractivity contribution in [2.24, 2.45) is 0 Å². The van der Waals surface area contributed by atoms with Gasteiger partial charge in [-0.2, -0.15) is 0 Å². The Balaban J connectivity index is -0.0000000457. The fourth-order valence-electron chi connectivity index (χ4n) is 0. The first-order chi connectivity index (χ1) is 4.00. The van der Waals surface area contributed by atoms with Crippen LogP contribution in [0.15, 0.2) is 0 Å². The van der Waals surface area contributed by atoms with Crippen LogP contribution in [0.25, 0.3) is 0 Å². The Labute approximate surface area is 72.2 Å². The van der Waals surface area contributed by atoms with Gasteiger partial charge in [0.25, 0.3) is 0 Å². The summed E-state index contributed by atoms with van der Waals surface area (Å²) in [6.07, 6.45) is 0. The Morgan fingerprint density at radius 2 is 0.500 bits per heavy atom. The molecule has 0 amide bonds. The molecule has 0 unspecified atom stereocenters. The third-order valence-electron chi connectivity index (χ3n) is 0. The van der Waals surface area contributed by atoms with Gasteiger partial charge in [-0.25, -0.2) is 0 Å². The van der Waals surface area contributed by atoms with Crippen molar-refractivity contribution in [1.82, 2.24) is 0 Å². The Hall–Kier alpha value is 0.0364. The minimum Gasteiger partial charge on any atom is -0.418 e. The Kier molecular flexibility index (Phi) is 14.5. The molecule has 0 aromatic rings. The molecule has 0 fully saturated rings. The third-order valence-corrected chi connectivity index (χ3v) is 0. The summed E-state index contributed by atoms with van der Waals surface area (Å²) in [6.45, 7) is 0. The van der Waals surface area contributed by atoms with Gasteiger partial charge in [0, 0.05) is 16.8 Å². The summed E-state index contributed by atoms with van der Waals surface area (Å²) in [5.41, 5.74) is 0. The van der Waals surface area contributed by atoms with E-state index in [2.05, 4.69) is 0 Å². The molecule has 0 aliphatic heterocycles. The molecule has 81 valence electrons. The normalized spacial score (nSPS) is 10.0. The van der Waals surface area contributed by atoms with E-state index in [1.54, 1.807) is 0 Å². The van der Waals surface area contributed by atoms with Crippen LogP contribution in [0.2, 0.25) is 0 Å². The van der Waals surface area contributed by atoms with Gasteiger partial charge in [0.05, 0.1) is 0 Å². The predicted octanol–water partition coefficient (Wildman–Crippen LogP) is 1.77. The molecular formula is H2B2CoF8O-2. The van der Waals surface area contributed by atoms with Gasteiger partial charge >= 0.3 is 14.5 Å². The summed E-state index contributed by atoms with van der Waals surface area (Å²) in [6, 6.07) is 0. The Morgan fingerprint density at radius 3 is 0.500 bits per heavy atom. The zero-order valence-electron chi connectivity index (χ0n) is 5.01. The molecule has 0 atom stereocenters. The van der Waals surface area contributed by atoms with E-state index in [0.717, 1.165) is 0 Å². The molecular weight excluding hydrogens is 249 g/mol. The van der Waals surface area contributed by atoms with E-state index in [4.69, 9.17) is 0 Å². The van der Waals surface area contributed by atoms with Crippen LogP contribution in [-0.2, 0) is 16.8 Å². The van der Waals surface area contributed by atoms with Gasteiger partial charge in [0.1, 0.15) is 0 Å². The van der Waals surface area contributed by atoms with E-state index in [1.807, 2.05) is 0 Å². The molecule has 0 aliphatic carbocycles. The van der Waals surface area contributed by atoms with E-state index in [9.17, 15) is 34.5 Å². The van der Waals surface area contributed by atoms with Crippen LogP contribution in [0.1, 0.15) is 0 Å². The van der Waals surface area contributed by atoms with Crippen LogP contribution in [0.3, 0.4) is 0 Å². The topological polar surface area (TPSA) is 31.5 Å². The number of halogens is 8. The molecule has 0 rings (SSSR count). The van der Waals surface area contributed by atoms with Crippen LogP contribution in [-0.4, -0.2) is 20.0 Å². The molecule has 0 spiro atoms. The second-order valence-corrected chi connectivity index (χ2v) is 0.990. The molecule has 0 bridgehead atoms. The average Bonchev–Trinajstić information content (AvgIpc) is 1.12. The summed E-state index contributed by atoms with van der Waals surface area (Å²) < 4.78 is 78.0. The Bertz CT molecular complexity index is 60.0. The molecule has 0 saturated carbocycles. The van der Waals surface area contributed by atoms with Gasteiger partial charge in [-0.3, -0.25) is 0 Å². The van der Waals surface area contributed by atoms with Crippen LogP contribution < -0.4 is 0 Å². The summed E-state index contributed by atoms with van der Waals surface area (Å²) >= 11 is 0. The molecule has 0 saturated heterocycles. The summed E-state index contributed by atoms with van der Waals surface area (Å²) in [5.74, 6) is 0. The quantitative estimate of drug-likeness (QED) is 0.464. The molecule has 0 aliphatic rings. The van der Waals surface area contributed by atoms with Crippen molar-refractivity contribution in [3.8, 4) is 0 Å². The number of rotatable bonds is 0. The third kappa shape index (κ3) is 620000. The fourth-order valence-corrected chi connectivity index (χ4v) is 0. The fraction of sp³-hybridized carbons (Fsp3) is 0. The Morgan fingerprint density at radius 1 is 0.500 bits per heavy atom. The monoisotopic (exact) mass is 251 g/mol. The van der Waals surface area contributed by atoms with Crippen molar-refractivity contribution in [2.45, 2.75) is 0 Å². The van der Waals surface area contributed by atoms with Crippen molar-refractivity contribution in [3.63, 3.8) is 0 Å². The second kappa shape index (κ2) is 7.67. The van der Waals surface area contributed by atoms with E-state index in [0.29, 0.717) is 0 Å². The molecule has 0 aromatic heterocycles. The van der Waals surface area contributed by atoms with Gasteiger partial charge in [-0.1, -0.05) is 0 Å². The van der Waals surface area contributed by atoms with Crippen molar-refractivity contribution in [2.75, 3.05) is 0 Å². The first-order valence-electron chi connectivity index (χ1n) is 1.75. The first-order valence-corrected chi connectivity index (χ1v) is 1.75. The zero-order valence-corrected chi connectivity index (χ0v) is 6.05. The van der Waals surface area contributed by atoms with Gasteiger partial charge in [-0.15, -0.1) is 0 Å². The van der Waals surface area contributed by atoms with Crippen LogP contribution in [0, 0.1) is 0 Å². The van der Waals surface area contributed by atoms with Crippen LogP contribution >= 0.6 is 0 Å². The number of hydrogen-bond acceptors (Lipinski definition) is 0.